The van der Waals surface area contributed by atoms with Gasteiger partial charge < -0.3 is 5.32 Å². The van der Waals surface area contributed by atoms with Crippen LogP contribution in [-0.4, -0.2) is 34.4 Å². The van der Waals surface area contributed by atoms with Crippen LogP contribution in [0.15, 0.2) is 52.3 Å². The first-order valence-electron chi connectivity index (χ1n) is 7.34. The van der Waals surface area contributed by atoms with Crippen molar-refractivity contribution in [2.24, 2.45) is 5.14 Å². The highest BCUT2D eigenvalue weighted by atomic mass is 35.5. The molecule has 3 N–H and O–H groups in total. The van der Waals surface area contributed by atoms with E-state index in [4.69, 9.17) is 16.7 Å². The Kier molecular flexibility index (Phi) is 4.78. The highest BCUT2D eigenvalue weighted by molar-refractivity contribution is 7.90. The third-order valence-corrected chi connectivity index (χ3v) is 7.16. The van der Waals surface area contributed by atoms with Gasteiger partial charge in [-0.1, -0.05) is 41.9 Å². The van der Waals surface area contributed by atoms with Crippen molar-refractivity contribution in [2.45, 2.75) is 16.2 Å². The first-order valence-corrected chi connectivity index (χ1v) is 10.7. The van der Waals surface area contributed by atoms with E-state index < -0.39 is 24.9 Å². The van der Waals surface area contributed by atoms with Crippen LogP contribution in [0.5, 0.6) is 0 Å². The minimum atomic E-state index is -4.13. The molecule has 7 nitrogen and oxygen atoms in total. The Morgan fingerprint density at radius 1 is 1.20 bits per heavy atom. The lowest BCUT2D eigenvalue weighted by Gasteiger charge is -2.29. The number of anilines is 1. The summed E-state index contributed by atoms with van der Waals surface area (Å²) in [5.74, 6) is 0. The molecule has 1 heterocycles. The molecule has 10 heteroatoms. The summed E-state index contributed by atoms with van der Waals surface area (Å²) in [5, 5.41) is 7.93. The highest BCUT2D eigenvalue weighted by Gasteiger charge is 2.33. The van der Waals surface area contributed by atoms with Gasteiger partial charge in [-0.2, -0.15) is 4.31 Å². The molecule has 0 amide bonds. The van der Waals surface area contributed by atoms with E-state index in [1.807, 2.05) is 30.3 Å². The molecule has 2 aromatic carbocycles. The fourth-order valence-corrected chi connectivity index (χ4v) is 5.29. The van der Waals surface area contributed by atoms with Gasteiger partial charge in [-0.3, -0.25) is 0 Å². The second kappa shape index (κ2) is 6.58. The molecule has 0 saturated carbocycles. The molecule has 0 atom stereocenters. The number of rotatable bonds is 4. The number of sulfonamides is 2. The van der Waals surface area contributed by atoms with E-state index >= 15 is 0 Å². The minimum Gasteiger partial charge on any atom is -0.370 e. The van der Waals surface area contributed by atoms with E-state index in [1.165, 1.54) is 10.4 Å². The maximum atomic E-state index is 12.8. The number of halogens is 1. The number of nitrogens with one attached hydrogen (secondary N) is 1. The fraction of sp³-hybridized carbons (Fsp3) is 0.200. The van der Waals surface area contributed by atoms with Crippen molar-refractivity contribution in [3.05, 3.63) is 53.1 Å². The van der Waals surface area contributed by atoms with E-state index in [-0.39, 0.29) is 28.8 Å². The molecule has 2 aromatic rings. The molecule has 0 saturated heterocycles. The van der Waals surface area contributed by atoms with E-state index in [9.17, 15) is 16.8 Å². The predicted octanol–water partition coefficient (Wildman–Crippen LogP) is 1.60. The highest BCUT2D eigenvalue weighted by Crippen LogP contribution is 2.35. The maximum Gasteiger partial charge on any atom is 0.246 e. The predicted molar refractivity (Wildman–Crippen MR) is 95.4 cm³/mol. The number of fused-ring (bicyclic) bond motifs is 1. The molecular weight excluding hydrogens is 386 g/mol. The largest absolute Gasteiger partial charge is 0.370 e. The summed E-state index contributed by atoms with van der Waals surface area (Å²) in [7, 11) is -7.99. The average molecular weight is 402 g/mol. The van der Waals surface area contributed by atoms with Crippen molar-refractivity contribution >= 4 is 37.3 Å². The van der Waals surface area contributed by atoms with Crippen molar-refractivity contribution in [2.75, 3.05) is 18.5 Å². The molecule has 0 aromatic heterocycles. The smallest absolute Gasteiger partial charge is 0.246 e. The third-order valence-electron chi connectivity index (χ3n) is 3.90. The van der Waals surface area contributed by atoms with Crippen LogP contribution in [0.4, 0.5) is 5.69 Å². The van der Waals surface area contributed by atoms with Gasteiger partial charge >= 0.3 is 0 Å². The van der Waals surface area contributed by atoms with E-state index in [0.717, 1.165) is 11.6 Å². The Labute approximate surface area is 151 Å². The quantitative estimate of drug-likeness (QED) is 0.808. The summed E-state index contributed by atoms with van der Waals surface area (Å²) in [6.45, 7) is 0.333. The minimum absolute atomic E-state index is 0.0766. The number of primary sulfonamides is 1. The topological polar surface area (TPSA) is 110 Å². The Morgan fingerprint density at radius 3 is 2.52 bits per heavy atom. The summed E-state index contributed by atoms with van der Waals surface area (Å²) >= 11 is 5.91. The number of nitrogens with zero attached hydrogens (tertiary/aromatic N) is 1. The molecule has 0 bridgehead atoms. The monoisotopic (exact) mass is 401 g/mol. The Balaban J connectivity index is 1.94. The zero-order chi connectivity index (χ0) is 18.2. The maximum absolute atomic E-state index is 12.8. The van der Waals surface area contributed by atoms with Crippen molar-refractivity contribution in [3.8, 4) is 0 Å². The van der Waals surface area contributed by atoms with Gasteiger partial charge in [-0.05, 0) is 24.1 Å². The average Bonchev–Trinajstić information content (AvgIpc) is 2.53. The number of benzene rings is 2. The molecule has 1 aliphatic rings. The molecule has 134 valence electrons. The molecule has 0 fully saturated rings. The van der Waals surface area contributed by atoms with E-state index in [1.54, 1.807) is 0 Å². The molecule has 3 rings (SSSR count). The lowest BCUT2D eigenvalue weighted by molar-refractivity contribution is 0.428. The van der Waals surface area contributed by atoms with Crippen LogP contribution in [0.25, 0.3) is 0 Å². The Hall–Kier alpha value is -1.65. The van der Waals surface area contributed by atoms with Gasteiger partial charge in [0.1, 0.15) is 9.79 Å². The molecule has 1 aliphatic heterocycles. The van der Waals surface area contributed by atoms with Crippen molar-refractivity contribution < 1.29 is 16.8 Å². The molecule has 0 aliphatic carbocycles. The SMILES string of the molecule is NS(=O)(=O)c1cc2c(cc1Cl)NCN(CCc1ccccc1)S2(=O)=O. The third kappa shape index (κ3) is 3.65. The van der Waals surface area contributed by atoms with Crippen LogP contribution < -0.4 is 10.5 Å². The van der Waals surface area contributed by atoms with Crippen molar-refractivity contribution in [3.63, 3.8) is 0 Å². The number of hydrogen-bond donors (Lipinski definition) is 2. The molecular formula is C15H16ClN3O4S2. The van der Waals surface area contributed by atoms with Crippen LogP contribution >= 0.6 is 11.6 Å². The first kappa shape index (κ1) is 18.2. The Bertz CT molecular complexity index is 1010. The van der Waals surface area contributed by atoms with Gasteiger partial charge in [0.15, 0.2) is 0 Å². The summed E-state index contributed by atoms with van der Waals surface area (Å²) in [5.41, 5.74) is 1.26. The van der Waals surface area contributed by atoms with Crippen LogP contribution in [-0.2, 0) is 26.5 Å². The zero-order valence-electron chi connectivity index (χ0n) is 13.0. The molecule has 25 heavy (non-hydrogen) atoms. The lowest BCUT2D eigenvalue weighted by atomic mass is 10.1. The summed E-state index contributed by atoms with van der Waals surface area (Å²) < 4.78 is 50.1. The van der Waals surface area contributed by atoms with Crippen LogP contribution in [0.2, 0.25) is 5.02 Å². The van der Waals surface area contributed by atoms with Crippen molar-refractivity contribution in [1.29, 1.82) is 0 Å². The molecule has 0 unspecified atom stereocenters. The van der Waals surface area contributed by atoms with E-state index in [2.05, 4.69) is 5.32 Å². The van der Waals surface area contributed by atoms with Gasteiger partial charge in [0.2, 0.25) is 20.0 Å². The lowest BCUT2D eigenvalue weighted by Crippen LogP contribution is -2.41. The van der Waals surface area contributed by atoms with Crippen LogP contribution in [0, 0.1) is 0 Å². The summed E-state index contributed by atoms with van der Waals surface area (Å²) in [4.78, 5) is -0.566. The van der Waals surface area contributed by atoms with Crippen molar-refractivity contribution in [1.82, 2.24) is 4.31 Å². The second-order valence-corrected chi connectivity index (χ2v) is 9.42. The molecule has 0 spiro atoms. The summed E-state index contributed by atoms with van der Waals surface area (Å²) in [6.07, 6.45) is 0.534. The first-order chi connectivity index (χ1) is 11.7. The van der Waals surface area contributed by atoms with Gasteiger partial charge in [0.25, 0.3) is 0 Å². The zero-order valence-corrected chi connectivity index (χ0v) is 15.4. The van der Waals surface area contributed by atoms with Gasteiger partial charge in [0, 0.05) is 6.54 Å². The fourth-order valence-electron chi connectivity index (χ4n) is 2.60. The second-order valence-electron chi connectivity index (χ2n) is 5.57. The standard InChI is InChI=1S/C15H16ClN3O4S2/c16-12-8-13-15(9-14(12)24(17,20)21)25(22,23)19(10-18-13)7-6-11-4-2-1-3-5-11/h1-5,8-9,18H,6-7,10H2,(H2,17,20,21). The van der Waals surface area contributed by atoms with Gasteiger partial charge in [-0.25, -0.2) is 22.0 Å². The normalized spacial score (nSPS) is 16.9. The number of hydrogen-bond acceptors (Lipinski definition) is 5. The van der Waals surface area contributed by atoms with Gasteiger partial charge in [-0.15, -0.1) is 0 Å². The van der Waals surface area contributed by atoms with E-state index in [0.29, 0.717) is 6.42 Å². The molecule has 0 radical (unpaired) electrons. The van der Waals surface area contributed by atoms with Gasteiger partial charge in [0.05, 0.1) is 17.4 Å². The van der Waals surface area contributed by atoms with Crippen LogP contribution in [0.1, 0.15) is 5.56 Å². The number of nitrogens with two attached hydrogens (primary N) is 1. The Morgan fingerprint density at radius 2 is 1.88 bits per heavy atom. The summed E-state index contributed by atoms with van der Waals surface area (Å²) in [6, 6.07) is 11.7. The van der Waals surface area contributed by atoms with Crippen LogP contribution in [0.3, 0.4) is 0 Å².